The molecule has 0 saturated carbocycles. The van der Waals surface area contributed by atoms with Crippen molar-refractivity contribution in [3.63, 3.8) is 0 Å². The van der Waals surface area contributed by atoms with Crippen LogP contribution in [-0.4, -0.2) is 27.4 Å². The summed E-state index contributed by atoms with van der Waals surface area (Å²) in [7, 11) is 0. The first-order chi connectivity index (χ1) is 13.0. The van der Waals surface area contributed by atoms with Gasteiger partial charge in [-0.25, -0.2) is 4.98 Å². The molecule has 4 aromatic rings. The van der Waals surface area contributed by atoms with E-state index in [4.69, 9.17) is 32.4 Å². The van der Waals surface area contributed by atoms with Crippen LogP contribution in [0.25, 0.3) is 22.1 Å². The third-order valence-corrected chi connectivity index (χ3v) is 4.61. The highest BCUT2D eigenvalue weighted by Gasteiger charge is 2.15. The maximum Gasteiger partial charge on any atom is 0.297 e. The minimum atomic E-state index is -0.946. The second-order valence-electron chi connectivity index (χ2n) is 6.02. The van der Waals surface area contributed by atoms with Crippen LogP contribution in [0.5, 0.6) is 5.75 Å². The highest BCUT2D eigenvalue weighted by Crippen LogP contribution is 2.27. The molecule has 0 saturated heterocycles. The molecule has 0 bridgehead atoms. The van der Waals surface area contributed by atoms with Gasteiger partial charge in [0, 0.05) is 10.4 Å². The Bertz CT molecular complexity index is 1190. The van der Waals surface area contributed by atoms with Crippen LogP contribution >= 0.6 is 23.2 Å². The second kappa shape index (κ2) is 7.23. The molecule has 0 fully saturated rings. The van der Waals surface area contributed by atoms with E-state index in [0.717, 1.165) is 5.39 Å². The molecule has 0 aliphatic carbocycles. The average molecular weight is 405 g/mol. The van der Waals surface area contributed by atoms with E-state index in [9.17, 15) is 9.90 Å². The van der Waals surface area contributed by atoms with Crippen LogP contribution in [0.2, 0.25) is 10.0 Å². The summed E-state index contributed by atoms with van der Waals surface area (Å²) in [6, 6.07) is 12.1. The number of hydrogen-bond donors (Lipinski definition) is 1. The fourth-order valence-corrected chi connectivity index (χ4v) is 3.27. The number of aliphatic hydroxyl groups is 1. The zero-order valence-corrected chi connectivity index (χ0v) is 15.4. The van der Waals surface area contributed by atoms with E-state index >= 15 is 0 Å². The Morgan fingerprint density at radius 3 is 2.85 bits per heavy atom. The van der Waals surface area contributed by atoms with E-state index in [1.54, 1.807) is 24.3 Å². The molecule has 6 nitrogen and oxygen atoms in total. The van der Waals surface area contributed by atoms with E-state index in [1.165, 1.54) is 10.9 Å². The smallest absolute Gasteiger partial charge is 0.297 e. The van der Waals surface area contributed by atoms with Gasteiger partial charge in [0.15, 0.2) is 0 Å². The first kappa shape index (κ1) is 17.9. The predicted molar refractivity (Wildman–Crippen MR) is 104 cm³/mol. The van der Waals surface area contributed by atoms with Crippen LogP contribution in [0.3, 0.4) is 0 Å². The van der Waals surface area contributed by atoms with Crippen LogP contribution in [0, 0.1) is 0 Å². The molecule has 0 aliphatic heterocycles. The lowest BCUT2D eigenvalue weighted by Gasteiger charge is -2.14. The van der Waals surface area contributed by atoms with E-state index in [0.29, 0.717) is 26.9 Å². The number of rotatable bonds is 5. The van der Waals surface area contributed by atoms with Crippen molar-refractivity contribution in [2.45, 2.75) is 12.6 Å². The minimum Gasteiger partial charge on any atom is -0.489 e. The van der Waals surface area contributed by atoms with Gasteiger partial charge in [-0.2, -0.15) is 0 Å². The number of halogens is 2. The van der Waals surface area contributed by atoms with Crippen LogP contribution in [-0.2, 0) is 6.54 Å². The van der Waals surface area contributed by atoms with Gasteiger partial charge in [-0.1, -0.05) is 35.3 Å². The number of aliphatic hydroxyl groups excluding tert-OH is 1. The minimum absolute atomic E-state index is 0.00400. The van der Waals surface area contributed by atoms with E-state index in [1.807, 2.05) is 18.2 Å². The Morgan fingerprint density at radius 1 is 1.22 bits per heavy atom. The van der Waals surface area contributed by atoms with Crippen molar-refractivity contribution >= 4 is 45.3 Å². The standard InChI is InChI=1S/C19H14Cl2N2O4/c20-11-5-6-16(14(21)7-11)26-9-12(24)8-23-10-22-17-13-3-1-2-4-15(13)27-18(17)19(23)25/h1-7,10,12,24H,8-9H2. The van der Waals surface area contributed by atoms with Gasteiger partial charge in [0.2, 0.25) is 5.58 Å². The van der Waals surface area contributed by atoms with Crippen molar-refractivity contribution in [2.75, 3.05) is 6.61 Å². The van der Waals surface area contributed by atoms with Gasteiger partial charge in [-0.3, -0.25) is 9.36 Å². The number of aromatic nitrogens is 2. The molecule has 2 heterocycles. The van der Waals surface area contributed by atoms with Crippen molar-refractivity contribution in [2.24, 2.45) is 0 Å². The monoisotopic (exact) mass is 404 g/mol. The molecular formula is C19H14Cl2N2O4. The zero-order chi connectivity index (χ0) is 19.0. The normalized spacial score (nSPS) is 12.6. The predicted octanol–water partition coefficient (Wildman–Crippen LogP) is 3.89. The molecule has 1 unspecified atom stereocenters. The molecule has 0 spiro atoms. The third-order valence-electron chi connectivity index (χ3n) is 4.08. The molecule has 27 heavy (non-hydrogen) atoms. The SMILES string of the molecule is O=c1c2oc3ccccc3c2ncn1CC(O)COc1ccc(Cl)cc1Cl. The molecule has 0 radical (unpaired) electrons. The lowest BCUT2D eigenvalue weighted by Crippen LogP contribution is -2.30. The Kier molecular flexibility index (Phi) is 4.78. The molecule has 0 amide bonds. The summed E-state index contributed by atoms with van der Waals surface area (Å²) in [4.78, 5) is 16.9. The molecule has 1 atom stereocenters. The Morgan fingerprint density at radius 2 is 2.04 bits per heavy atom. The highest BCUT2D eigenvalue weighted by molar-refractivity contribution is 6.35. The first-order valence-corrected chi connectivity index (χ1v) is 8.91. The molecule has 1 N–H and O–H groups in total. The number of fused-ring (bicyclic) bond motifs is 3. The Balaban J connectivity index is 1.53. The first-order valence-electron chi connectivity index (χ1n) is 8.15. The lowest BCUT2D eigenvalue weighted by molar-refractivity contribution is 0.0914. The number of nitrogens with zero attached hydrogens (tertiary/aromatic N) is 2. The lowest BCUT2D eigenvalue weighted by atomic mass is 10.2. The molecule has 2 aromatic carbocycles. The van der Waals surface area contributed by atoms with Crippen molar-refractivity contribution in [3.05, 3.63) is 69.2 Å². The van der Waals surface area contributed by atoms with Crippen LogP contribution in [0.1, 0.15) is 0 Å². The van der Waals surface area contributed by atoms with Gasteiger partial charge in [-0.15, -0.1) is 0 Å². The van der Waals surface area contributed by atoms with Gasteiger partial charge in [0.1, 0.15) is 29.6 Å². The summed E-state index contributed by atoms with van der Waals surface area (Å²) in [5.41, 5.74) is 0.897. The maximum atomic E-state index is 12.6. The van der Waals surface area contributed by atoms with Crippen molar-refractivity contribution in [3.8, 4) is 5.75 Å². The Hall–Kier alpha value is -2.54. The maximum absolute atomic E-state index is 12.6. The van der Waals surface area contributed by atoms with Gasteiger partial charge >= 0.3 is 0 Å². The average Bonchev–Trinajstić information content (AvgIpc) is 3.03. The number of benzene rings is 2. The zero-order valence-electron chi connectivity index (χ0n) is 13.9. The van der Waals surface area contributed by atoms with Crippen molar-refractivity contribution in [1.82, 2.24) is 9.55 Å². The van der Waals surface area contributed by atoms with Crippen LogP contribution in [0.15, 0.2) is 58.0 Å². The summed E-state index contributed by atoms with van der Waals surface area (Å²) in [5.74, 6) is 0.401. The number of hydrogen-bond acceptors (Lipinski definition) is 5. The van der Waals surface area contributed by atoms with E-state index in [-0.39, 0.29) is 24.3 Å². The summed E-state index contributed by atoms with van der Waals surface area (Å²) >= 11 is 11.9. The fourth-order valence-electron chi connectivity index (χ4n) is 2.80. The van der Waals surface area contributed by atoms with Gasteiger partial charge in [0.25, 0.3) is 5.56 Å². The molecule has 4 rings (SSSR count). The van der Waals surface area contributed by atoms with E-state index in [2.05, 4.69) is 4.98 Å². The topological polar surface area (TPSA) is 77.5 Å². The van der Waals surface area contributed by atoms with Gasteiger partial charge < -0.3 is 14.3 Å². The molecule has 2 aromatic heterocycles. The second-order valence-corrected chi connectivity index (χ2v) is 6.86. The third kappa shape index (κ3) is 3.51. The van der Waals surface area contributed by atoms with Crippen LogP contribution < -0.4 is 10.3 Å². The van der Waals surface area contributed by atoms with Crippen molar-refractivity contribution < 1.29 is 14.3 Å². The summed E-state index contributed by atoms with van der Waals surface area (Å²) in [5, 5.41) is 11.8. The summed E-state index contributed by atoms with van der Waals surface area (Å²) in [6.45, 7) is -0.0456. The molecule has 8 heteroatoms. The van der Waals surface area contributed by atoms with Crippen molar-refractivity contribution in [1.29, 1.82) is 0 Å². The van der Waals surface area contributed by atoms with Gasteiger partial charge in [-0.05, 0) is 30.3 Å². The number of para-hydroxylation sites is 1. The number of furan rings is 1. The summed E-state index contributed by atoms with van der Waals surface area (Å²) in [6.07, 6.45) is 0.448. The largest absolute Gasteiger partial charge is 0.489 e. The Labute approximate surface area is 163 Å². The quantitative estimate of drug-likeness (QED) is 0.545. The van der Waals surface area contributed by atoms with Crippen LogP contribution in [0.4, 0.5) is 0 Å². The molecule has 0 aliphatic rings. The molecule has 138 valence electrons. The number of ether oxygens (including phenoxy) is 1. The van der Waals surface area contributed by atoms with E-state index < -0.39 is 6.10 Å². The highest BCUT2D eigenvalue weighted by atomic mass is 35.5. The summed E-state index contributed by atoms with van der Waals surface area (Å²) < 4.78 is 12.4. The fraction of sp³-hybridized carbons (Fsp3) is 0.158. The molecular weight excluding hydrogens is 391 g/mol. The van der Waals surface area contributed by atoms with Gasteiger partial charge in [0.05, 0.1) is 17.9 Å².